The maximum absolute atomic E-state index is 10.6. The largest absolute Gasteiger partial charge is 0.341 e. The number of aryl methyl sites for hydroxylation is 1. The molecular weight excluding hydrogens is 250 g/mol. The van der Waals surface area contributed by atoms with Crippen molar-refractivity contribution in [2.75, 3.05) is 20.5 Å². The molecule has 1 aliphatic rings. The molecule has 1 fully saturated rings. The fourth-order valence-corrected chi connectivity index (χ4v) is 1.79. The highest BCUT2D eigenvalue weighted by Crippen LogP contribution is 2.11. The maximum Gasteiger partial charge on any atom is 0.277 e. The summed E-state index contributed by atoms with van der Waals surface area (Å²) in [5, 5.41) is 13.3. The number of nitrogens with zero attached hydrogens (tertiary/aromatic N) is 5. The van der Waals surface area contributed by atoms with E-state index in [-0.39, 0.29) is 19.4 Å². The molecular formula is C11H15N5O3. The number of nitro groups is 1. The Balaban J connectivity index is 2.16. The molecule has 2 heterocycles. The van der Waals surface area contributed by atoms with Crippen molar-refractivity contribution in [2.24, 2.45) is 5.10 Å². The number of guanidine groups is 1. The Bertz CT molecular complexity index is 488. The predicted octanol–water partition coefficient (Wildman–Crippen LogP) is 0.617. The third-order valence-corrected chi connectivity index (χ3v) is 2.67. The van der Waals surface area contributed by atoms with Gasteiger partial charge in [0.15, 0.2) is 5.03 Å². The normalized spacial score (nSPS) is 17.9. The molecule has 2 rings (SSSR count). The van der Waals surface area contributed by atoms with E-state index in [2.05, 4.69) is 10.1 Å². The first-order valence-electron chi connectivity index (χ1n) is 5.74. The van der Waals surface area contributed by atoms with Crippen LogP contribution < -0.4 is 0 Å². The molecule has 1 aromatic rings. The smallest absolute Gasteiger partial charge is 0.277 e. The van der Waals surface area contributed by atoms with E-state index in [9.17, 15) is 10.1 Å². The lowest BCUT2D eigenvalue weighted by molar-refractivity contribution is -0.486. The van der Waals surface area contributed by atoms with Gasteiger partial charge in [-0.05, 0) is 18.6 Å². The van der Waals surface area contributed by atoms with Gasteiger partial charge < -0.3 is 14.5 Å². The molecule has 0 aliphatic carbocycles. The monoisotopic (exact) mass is 265 g/mol. The van der Waals surface area contributed by atoms with Gasteiger partial charge in [0.1, 0.15) is 18.6 Å². The average Bonchev–Trinajstić information content (AvgIpc) is 2.36. The van der Waals surface area contributed by atoms with Crippen molar-refractivity contribution < 1.29 is 9.77 Å². The quantitative estimate of drug-likeness (QED) is 0.588. The van der Waals surface area contributed by atoms with Crippen LogP contribution in [-0.4, -0.2) is 46.3 Å². The fourth-order valence-electron chi connectivity index (χ4n) is 1.79. The molecule has 102 valence electrons. The van der Waals surface area contributed by atoms with Crippen molar-refractivity contribution >= 4 is 5.96 Å². The lowest BCUT2D eigenvalue weighted by Crippen LogP contribution is -2.49. The number of rotatable bonds is 3. The van der Waals surface area contributed by atoms with Crippen LogP contribution in [0.3, 0.4) is 0 Å². The molecule has 0 bridgehead atoms. The van der Waals surface area contributed by atoms with Crippen molar-refractivity contribution in [2.45, 2.75) is 13.5 Å². The molecule has 0 saturated carbocycles. The van der Waals surface area contributed by atoms with E-state index in [4.69, 9.17) is 4.74 Å². The maximum atomic E-state index is 10.6. The molecule has 1 aromatic heterocycles. The van der Waals surface area contributed by atoms with Crippen LogP contribution in [0.4, 0.5) is 0 Å². The van der Waals surface area contributed by atoms with Gasteiger partial charge in [-0.15, -0.1) is 0 Å². The summed E-state index contributed by atoms with van der Waals surface area (Å²) in [5.74, 6) is 0.289. The molecule has 1 aliphatic heterocycles. The zero-order valence-corrected chi connectivity index (χ0v) is 10.8. The Morgan fingerprint density at radius 3 is 2.95 bits per heavy atom. The van der Waals surface area contributed by atoms with Crippen LogP contribution >= 0.6 is 0 Å². The Morgan fingerprint density at radius 1 is 1.53 bits per heavy atom. The molecule has 0 aromatic carbocycles. The lowest BCUT2D eigenvalue weighted by Gasteiger charge is -2.34. The van der Waals surface area contributed by atoms with E-state index in [1.54, 1.807) is 23.0 Å². The summed E-state index contributed by atoms with van der Waals surface area (Å²) in [4.78, 5) is 18.0. The molecule has 8 nitrogen and oxygen atoms in total. The number of hydrazone groups is 1. The minimum absolute atomic E-state index is 0.269. The molecule has 0 atom stereocenters. The molecule has 0 N–H and O–H groups in total. The number of hydrogen-bond donors (Lipinski definition) is 0. The van der Waals surface area contributed by atoms with Crippen LogP contribution in [0, 0.1) is 17.0 Å². The first kappa shape index (κ1) is 13.2. The lowest BCUT2D eigenvalue weighted by atomic mass is 10.2. The second-order valence-electron chi connectivity index (χ2n) is 4.30. The van der Waals surface area contributed by atoms with E-state index in [0.717, 1.165) is 11.3 Å². The third kappa shape index (κ3) is 3.38. The Labute approximate surface area is 110 Å². The summed E-state index contributed by atoms with van der Waals surface area (Å²) in [6.07, 6.45) is 1.74. The van der Waals surface area contributed by atoms with Crippen molar-refractivity contribution in [3.8, 4) is 0 Å². The van der Waals surface area contributed by atoms with Crippen molar-refractivity contribution in [1.82, 2.24) is 14.8 Å². The summed E-state index contributed by atoms with van der Waals surface area (Å²) in [6.45, 7) is 2.92. The van der Waals surface area contributed by atoms with Gasteiger partial charge in [0.2, 0.25) is 0 Å². The molecule has 8 heteroatoms. The molecule has 0 unspecified atom stereocenters. The van der Waals surface area contributed by atoms with E-state index >= 15 is 0 Å². The Hall–Kier alpha value is -2.22. The highest BCUT2D eigenvalue weighted by molar-refractivity contribution is 5.79. The number of aromatic nitrogens is 1. The highest BCUT2D eigenvalue weighted by Gasteiger charge is 2.24. The van der Waals surface area contributed by atoms with E-state index in [1.165, 1.54) is 0 Å². The summed E-state index contributed by atoms with van der Waals surface area (Å²) < 4.78 is 5.33. The van der Waals surface area contributed by atoms with Crippen LogP contribution in [-0.2, 0) is 11.3 Å². The van der Waals surface area contributed by atoms with Crippen LogP contribution in [0.5, 0.6) is 0 Å². The minimum Gasteiger partial charge on any atom is -0.341 e. The van der Waals surface area contributed by atoms with Gasteiger partial charge in [0, 0.05) is 25.5 Å². The number of pyridine rings is 1. The zero-order valence-electron chi connectivity index (χ0n) is 10.8. The fraction of sp³-hybridized carbons (Fsp3) is 0.455. The standard InChI is InChI=1S/C11H15N5O3/c1-9-3-4-10(5-12-9)6-15-8-19-7-14(2)11(15)13-16(17)18/h3-5H,6-8H2,1-2H3. The van der Waals surface area contributed by atoms with Crippen molar-refractivity contribution in [3.63, 3.8) is 0 Å². The SMILES string of the molecule is Cc1ccc(CN2COCN(C)C2=N[N+](=O)[O-])cn1. The molecule has 0 amide bonds. The molecule has 0 spiro atoms. The molecule has 0 radical (unpaired) electrons. The molecule has 1 saturated heterocycles. The summed E-state index contributed by atoms with van der Waals surface area (Å²) in [5.41, 5.74) is 1.87. The van der Waals surface area contributed by atoms with Gasteiger partial charge >= 0.3 is 0 Å². The summed E-state index contributed by atoms with van der Waals surface area (Å²) in [6, 6.07) is 3.83. The van der Waals surface area contributed by atoms with Gasteiger partial charge in [-0.1, -0.05) is 6.07 Å². The van der Waals surface area contributed by atoms with Crippen LogP contribution in [0.1, 0.15) is 11.3 Å². The van der Waals surface area contributed by atoms with Gasteiger partial charge in [-0.3, -0.25) is 4.98 Å². The van der Waals surface area contributed by atoms with Gasteiger partial charge in [-0.25, -0.2) is 10.1 Å². The van der Waals surface area contributed by atoms with Crippen molar-refractivity contribution in [3.05, 3.63) is 39.7 Å². The van der Waals surface area contributed by atoms with E-state index in [1.807, 2.05) is 19.1 Å². The number of ether oxygens (including phenoxy) is 1. The summed E-state index contributed by atoms with van der Waals surface area (Å²) in [7, 11) is 1.70. The topological polar surface area (TPSA) is 84.1 Å². The second-order valence-corrected chi connectivity index (χ2v) is 4.30. The molecule has 19 heavy (non-hydrogen) atoms. The van der Waals surface area contributed by atoms with Crippen LogP contribution in [0.25, 0.3) is 0 Å². The first-order valence-corrected chi connectivity index (χ1v) is 5.74. The second kappa shape index (κ2) is 5.61. The Kier molecular flexibility index (Phi) is 3.91. The first-order chi connectivity index (χ1) is 9.06. The third-order valence-electron chi connectivity index (χ3n) is 2.67. The Morgan fingerprint density at radius 2 is 2.32 bits per heavy atom. The average molecular weight is 265 g/mol. The van der Waals surface area contributed by atoms with Gasteiger partial charge in [0.25, 0.3) is 5.96 Å². The highest BCUT2D eigenvalue weighted by atomic mass is 16.7. The van der Waals surface area contributed by atoms with Gasteiger partial charge in [0.05, 0.1) is 0 Å². The summed E-state index contributed by atoms with van der Waals surface area (Å²) >= 11 is 0. The number of hydrogen-bond acceptors (Lipinski definition) is 4. The van der Waals surface area contributed by atoms with Crippen LogP contribution in [0.2, 0.25) is 0 Å². The minimum atomic E-state index is -0.697. The zero-order chi connectivity index (χ0) is 13.8. The van der Waals surface area contributed by atoms with Crippen LogP contribution in [0.15, 0.2) is 23.4 Å². The predicted molar refractivity (Wildman–Crippen MR) is 67.5 cm³/mol. The van der Waals surface area contributed by atoms with E-state index in [0.29, 0.717) is 6.54 Å². The van der Waals surface area contributed by atoms with E-state index < -0.39 is 5.03 Å². The van der Waals surface area contributed by atoms with Crippen molar-refractivity contribution in [1.29, 1.82) is 0 Å². The van der Waals surface area contributed by atoms with Gasteiger partial charge in [-0.2, -0.15) is 0 Å².